The number of nitrogens with zero attached hydrogens (tertiary/aromatic N) is 2. The highest BCUT2D eigenvalue weighted by Gasteiger charge is 2.28. The van der Waals surface area contributed by atoms with Gasteiger partial charge >= 0.3 is 0 Å². The van der Waals surface area contributed by atoms with E-state index in [0.29, 0.717) is 41.3 Å². The van der Waals surface area contributed by atoms with Gasteiger partial charge in [-0.2, -0.15) is 4.31 Å². The lowest BCUT2D eigenvalue weighted by molar-refractivity contribution is -0.121. The maximum Gasteiger partial charge on any atom is 0.265 e. The van der Waals surface area contributed by atoms with Crippen molar-refractivity contribution in [2.45, 2.75) is 24.3 Å². The van der Waals surface area contributed by atoms with Crippen LogP contribution < -0.4 is 15.0 Å². The third-order valence-corrected chi connectivity index (χ3v) is 8.18. The Kier molecular flexibility index (Phi) is 6.46. The quantitative estimate of drug-likeness (QED) is 0.546. The van der Waals surface area contributed by atoms with Crippen molar-refractivity contribution in [2.75, 3.05) is 29.9 Å². The second-order valence-electron chi connectivity index (χ2n) is 8.63. The number of halogens is 1. The predicted molar refractivity (Wildman–Crippen MR) is 132 cm³/mol. The summed E-state index contributed by atoms with van der Waals surface area (Å²) in [6.07, 6.45) is 1.69. The number of benzene rings is 3. The van der Waals surface area contributed by atoms with Crippen LogP contribution >= 0.6 is 0 Å². The lowest BCUT2D eigenvalue weighted by Crippen LogP contribution is -2.38. The fraction of sp³-hybridized carbons (Fsp3) is 0.231. The zero-order valence-corrected chi connectivity index (χ0v) is 20.1. The van der Waals surface area contributed by atoms with Gasteiger partial charge in [0.25, 0.3) is 11.8 Å². The van der Waals surface area contributed by atoms with E-state index in [2.05, 4.69) is 5.32 Å². The van der Waals surface area contributed by atoms with E-state index in [4.69, 9.17) is 4.74 Å². The zero-order valence-electron chi connectivity index (χ0n) is 19.3. The first-order valence-corrected chi connectivity index (χ1v) is 13.0. The fourth-order valence-corrected chi connectivity index (χ4v) is 5.83. The number of hydrogen-bond donors (Lipinski definition) is 1. The molecular formula is C26H24FN3O5S. The summed E-state index contributed by atoms with van der Waals surface area (Å²) in [5.41, 5.74) is 1.59. The van der Waals surface area contributed by atoms with Gasteiger partial charge in [0.15, 0.2) is 6.61 Å². The molecule has 0 aromatic heterocycles. The summed E-state index contributed by atoms with van der Waals surface area (Å²) < 4.78 is 46.5. The molecular weight excluding hydrogens is 485 g/mol. The molecule has 1 N–H and O–H groups in total. The van der Waals surface area contributed by atoms with Crippen molar-refractivity contribution in [1.29, 1.82) is 0 Å². The average Bonchev–Trinajstić information content (AvgIpc) is 3.43. The molecule has 8 nitrogen and oxygen atoms in total. The van der Waals surface area contributed by atoms with Crippen LogP contribution in [0.1, 0.15) is 28.8 Å². The molecule has 186 valence electrons. The van der Waals surface area contributed by atoms with Crippen molar-refractivity contribution >= 4 is 33.2 Å². The Bertz CT molecular complexity index is 1420. The Morgan fingerprint density at radius 1 is 1.00 bits per heavy atom. The molecule has 0 unspecified atom stereocenters. The lowest BCUT2D eigenvalue weighted by atomic mass is 10.1. The highest BCUT2D eigenvalue weighted by atomic mass is 32.2. The zero-order chi connectivity index (χ0) is 25.3. The Morgan fingerprint density at radius 3 is 2.44 bits per heavy atom. The van der Waals surface area contributed by atoms with E-state index >= 15 is 0 Å². The smallest absolute Gasteiger partial charge is 0.265 e. The van der Waals surface area contributed by atoms with Crippen molar-refractivity contribution in [3.05, 3.63) is 83.7 Å². The van der Waals surface area contributed by atoms with Crippen LogP contribution in [-0.4, -0.2) is 44.2 Å². The summed E-state index contributed by atoms with van der Waals surface area (Å²) in [5.74, 6) is -0.737. The highest BCUT2D eigenvalue weighted by Crippen LogP contribution is 2.36. The van der Waals surface area contributed by atoms with Gasteiger partial charge in [0.05, 0.1) is 17.1 Å². The number of carbonyl (C=O) groups is 2. The van der Waals surface area contributed by atoms with Crippen molar-refractivity contribution in [1.82, 2.24) is 4.31 Å². The molecule has 0 bridgehead atoms. The molecule has 3 aromatic rings. The molecule has 2 aliphatic heterocycles. The number of fused-ring (bicyclic) bond motifs is 1. The molecule has 10 heteroatoms. The van der Waals surface area contributed by atoms with Crippen molar-refractivity contribution in [3.63, 3.8) is 0 Å². The normalized spacial score (nSPS) is 15.9. The van der Waals surface area contributed by atoms with E-state index < -0.39 is 21.7 Å². The van der Waals surface area contributed by atoms with Crippen LogP contribution in [0.3, 0.4) is 0 Å². The molecule has 0 atom stereocenters. The third-order valence-electron chi connectivity index (χ3n) is 6.27. The number of hydrogen-bond acceptors (Lipinski definition) is 5. The molecule has 0 spiro atoms. The lowest BCUT2D eigenvalue weighted by Gasteiger charge is -2.30. The molecule has 0 aliphatic carbocycles. The van der Waals surface area contributed by atoms with Crippen molar-refractivity contribution in [2.24, 2.45) is 0 Å². The first-order chi connectivity index (χ1) is 17.3. The Labute approximate surface area is 208 Å². The first kappa shape index (κ1) is 24.0. The van der Waals surface area contributed by atoms with Gasteiger partial charge in [-0.3, -0.25) is 9.59 Å². The van der Waals surface area contributed by atoms with Crippen LogP contribution in [0.25, 0.3) is 0 Å². The van der Waals surface area contributed by atoms with E-state index in [9.17, 15) is 22.4 Å². The molecule has 2 heterocycles. The largest absolute Gasteiger partial charge is 0.481 e. The molecule has 0 radical (unpaired) electrons. The molecule has 3 aromatic carbocycles. The fourth-order valence-electron chi connectivity index (χ4n) is 4.31. The van der Waals surface area contributed by atoms with Crippen LogP contribution in [-0.2, 0) is 21.4 Å². The summed E-state index contributed by atoms with van der Waals surface area (Å²) in [7, 11) is -3.56. The van der Waals surface area contributed by atoms with Gasteiger partial charge in [-0.25, -0.2) is 12.8 Å². The molecule has 2 aliphatic rings. The Balaban J connectivity index is 1.31. The third kappa shape index (κ3) is 4.69. The summed E-state index contributed by atoms with van der Waals surface area (Å²) >= 11 is 0. The van der Waals surface area contributed by atoms with Gasteiger partial charge in [-0.05, 0) is 55.3 Å². The number of carbonyl (C=O) groups excluding carboxylic acids is 2. The number of anilines is 2. The van der Waals surface area contributed by atoms with Crippen molar-refractivity contribution < 1.29 is 27.1 Å². The Hall–Kier alpha value is -3.76. The summed E-state index contributed by atoms with van der Waals surface area (Å²) in [5, 5.41) is 2.76. The molecule has 0 saturated carbocycles. The van der Waals surface area contributed by atoms with Gasteiger partial charge in [0.1, 0.15) is 11.6 Å². The van der Waals surface area contributed by atoms with Crippen LogP contribution in [0.2, 0.25) is 0 Å². The summed E-state index contributed by atoms with van der Waals surface area (Å²) in [4.78, 5) is 26.8. The van der Waals surface area contributed by atoms with Gasteiger partial charge in [0, 0.05) is 36.0 Å². The SMILES string of the molecule is O=C(Nc1ccc2c(c1)OCC(=O)N2Cc1ccccc1F)c1ccc(S(=O)(=O)N2CCCC2)cc1. The number of ether oxygens (including phenoxy) is 1. The minimum atomic E-state index is -3.56. The van der Waals surface area contributed by atoms with Gasteiger partial charge in [0.2, 0.25) is 10.0 Å². The topological polar surface area (TPSA) is 96.0 Å². The van der Waals surface area contributed by atoms with Crippen molar-refractivity contribution in [3.8, 4) is 5.75 Å². The average molecular weight is 510 g/mol. The minimum Gasteiger partial charge on any atom is -0.481 e. The van der Waals surface area contributed by atoms with E-state index in [1.807, 2.05) is 0 Å². The van der Waals surface area contributed by atoms with Crippen LogP contribution in [0.5, 0.6) is 5.75 Å². The number of rotatable bonds is 6. The first-order valence-electron chi connectivity index (χ1n) is 11.5. The maximum atomic E-state index is 14.1. The standard InChI is InChI=1S/C26H24FN3O5S/c27-22-6-2-1-5-19(22)16-30-23-12-9-20(15-24(23)35-17-25(30)31)28-26(32)18-7-10-21(11-8-18)36(33,34)29-13-3-4-14-29/h1-2,5-12,15H,3-4,13-14,16-17H2,(H,28,32). The second-order valence-corrected chi connectivity index (χ2v) is 10.6. The predicted octanol–water partition coefficient (Wildman–Crippen LogP) is 3.79. The van der Waals surface area contributed by atoms with E-state index in [0.717, 1.165) is 12.8 Å². The van der Waals surface area contributed by atoms with E-state index in [1.54, 1.807) is 36.4 Å². The van der Waals surface area contributed by atoms with Gasteiger partial charge in [-0.15, -0.1) is 0 Å². The summed E-state index contributed by atoms with van der Waals surface area (Å²) in [6, 6.07) is 16.9. The molecule has 5 rings (SSSR count). The maximum absolute atomic E-state index is 14.1. The molecule has 36 heavy (non-hydrogen) atoms. The van der Waals surface area contributed by atoms with Gasteiger partial charge in [-0.1, -0.05) is 18.2 Å². The highest BCUT2D eigenvalue weighted by molar-refractivity contribution is 7.89. The molecule has 1 fully saturated rings. The molecule has 2 amide bonds. The molecule has 1 saturated heterocycles. The van der Waals surface area contributed by atoms with Gasteiger partial charge < -0.3 is 15.0 Å². The monoisotopic (exact) mass is 509 g/mol. The number of nitrogens with one attached hydrogen (secondary N) is 1. The Morgan fingerprint density at radius 2 is 1.72 bits per heavy atom. The summed E-state index contributed by atoms with van der Waals surface area (Å²) in [6.45, 7) is 0.870. The van der Waals surface area contributed by atoms with E-state index in [-0.39, 0.29) is 24.0 Å². The van der Waals surface area contributed by atoms with E-state index in [1.165, 1.54) is 39.5 Å². The van der Waals surface area contributed by atoms with Crippen LogP contribution in [0, 0.1) is 5.82 Å². The number of sulfonamides is 1. The van der Waals surface area contributed by atoms with Crippen LogP contribution in [0.4, 0.5) is 15.8 Å². The second kappa shape index (κ2) is 9.71. The number of amides is 2. The van der Waals surface area contributed by atoms with Crippen LogP contribution in [0.15, 0.2) is 71.6 Å². The minimum absolute atomic E-state index is 0.0558.